The van der Waals surface area contributed by atoms with Gasteiger partial charge in [0.05, 0.1) is 0 Å². The third-order valence-electron chi connectivity index (χ3n) is 1.02. The second kappa shape index (κ2) is 1.96. The van der Waals surface area contributed by atoms with Gasteiger partial charge in [-0.05, 0) is 12.3 Å². The fourth-order valence-corrected chi connectivity index (χ4v) is 0.514. The average molecular weight is 99.1 g/mol. The molecule has 0 saturated heterocycles. The summed E-state index contributed by atoms with van der Waals surface area (Å²) in [6.07, 6.45) is 2.88. The second-order valence-corrected chi connectivity index (χ2v) is 1.92. The monoisotopic (exact) mass is 99.1 g/mol. The molecule has 2 nitrogen and oxygen atoms in total. The summed E-state index contributed by atoms with van der Waals surface area (Å²) in [7, 11) is 0. The molecule has 0 aromatic heterocycles. The predicted molar refractivity (Wildman–Crippen MR) is 28.2 cm³/mol. The summed E-state index contributed by atoms with van der Waals surface area (Å²) in [5, 5.41) is 3.60. The molecule has 0 amide bonds. The lowest BCUT2D eigenvalue weighted by Gasteiger charge is -2.09. The molecule has 0 fully saturated rings. The molecular formula is C5H9NO. The zero-order valence-electron chi connectivity index (χ0n) is 4.42. The van der Waals surface area contributed by atoms with Crippen LogP contribution in [0.25, 0.3) is 0 Å². The van der Waals surface area contributed by atoms with Crippen LogP contribution in [0.5, 0.6) is 0 Å². The summed E-state index contributed by atoms with van der Waals surface area (Å²) < 4.78 is 0. The molecule has 0 aromatic carbocycles. The molecule has 0 N–H and O–H groups in total. The summed E-state index contributed by atoms with van der Waals surface area (Å²) in [4.78, 5) is 4.75. The van der Waals surface area contributed by atoms with E-state index in [2.05, 4.69) is 12.1 Å². The van der Waals surface area contributed by atoms with Crippen LogP contribution < -0.4 is 0 Å². The van der Waals surface area contributed by atoms with Gasteiger partial charge in [0.15, 0.2) is 0 Å². The van der Waals surface area contributed by atoms with E-state index in [1.165, 1.54) is 0 Å². The first-order valence-electron chi connectivity index (χ1n) is 2.53. The third-order valence-corrected chi connectivity index (χ3v) is 1.02. The summed E-state index contributed by atoms with van der Waals surface area (Å²) in [6, 6.07) is 0. The van der Waals surface area contributed by atoms with E-state index in [1.54, 1.807) is 0 Å². The van der Waals surface area contributed by atoms with Crippen molar-refractivity contribution < 1.29 is 4.84 Å². The van der Waals surface area contributed by atoms with E-state index >= 15 is 0 Å². The molecule has 7 heavy (non-hydrogen) atoms. The Hall–Kier alpha value is -0.530. The Kier molecular flexibility index (Phi) is 1.29. The van der Waals surface area contributed by atoms with Crippen molar-refractivity contribution >= 4 is 6.21 Å². The van der Waals surface area contributed by atoms with Gasteiger partial charge in [0, 0.05) is 6.21 Å². The Bertz CT molecular complexity index is 80.1. The van der Waals surface area contributed by atoms with E-state index in [0.717, 1.165) is 13.0 Å². The van der Waals surface area contributed by atoms with Gasteiger partial charge in [-0.2, -0.15) is 0 Å². The van der Waals surface area contributed by atoms with Crippen LogP contribution in [0.4, 0.5) is 0 Å². The fourth-order valence-electron chi connectivity index (χ4n) is 0.514. The van der Waals surface area contributed by atoms with Gasteiger partial charge in [0.2, 0.25) is 0 Å². The van der Waals surface area contributed by atoms with Crippen molar-refractivity contribution in [3.05, 3.63) is 0 Å². The van der Waals surface area contributed by atoms with E-state index in [9.17, 15) is 0 Å². The van der Waals surface area contributed by atoms with Gasteiger partial charge < -0.3 is 4.84 Å². The molecule has 0 bridgehead atoms. The maximum Gasteiger partial charge on any atom is 0.120 e. The first-order chi connectivity index (χ1) is 3.39. The summed E-state index contributed by atoms with van der Waals surface area (Å²) in [5.74, 6) is 0.664. The topological polar surface area (TPSA) is 21.6 Å². The first-order valence-corrected chi connectivity index (χ1v) is 2.53. The highest BCUT2D eigenvalue weighted by molar-refractivity contribution is 5.57. The fraction of sp³-hybridized carbons (Fsp3) is 0.800. The molecule has 1 aliphatic rings. The molecule has 0 aromatic rings. The highest BCUT2D eigenvalue weighted by Crippen LogP contribution is 2.03. The van der Waals surface area contributed by atoms with Crippen LogP contribution in [-0.4, -0.2) is 12.8 Å². The molecule has 1 unspecified atom stereocenters. The minimum Gasteiger partial charge on any atom is -0.396 e. The van der Waals surface area contributed by atoms with Crippen molar-refractivity contribution in [3.63, 3.8) is 0 Å². The summed E-state index contributed by atoms with van der Waals surface area (Å²) in [6.45, 7) is 2.93. The van der Waals surface area contributed by atoms with E-state index in [4.69, 9.17) is 4.84 Å². The molecule has 0 spiro atoms. The van der Waals surface area contributed by atoms with Gasteiger partial charge in [-0.3, -0.25) is 0 Å². The normalized spacial score (nSPS) is 29.6. The quantitative estimate of drug-likeness (QED) is 0.444. The molecular weight excluding hydrogens is 90.1 g/mol. The van der Waals surface area contributed by atoms with Gasteiger partial charge in [-0.15, -0.1) is 0 Å². The van der Waals surface area contributed by atoms with Crippen molar-refractivity contribution in [1.82, 2.24) is 0 Å². The van der Waals surface area contributed by atoms with Crippen molar-refractivity contribution in [3.8, 4) is 0 Å². The Labute approximate surface area is 43.2 Å². The minimum atomic E-state index is 0.664. The van der Waals surface area contributed by atoms with Crippen molar-refractivity contribution in [2.24, 2.45) is 11.1 Å². The highest BCUT2D eigenvalue weighted by atomic mass is 16.6. The Balaban J connectivity index is 2.32. The molecule has 1 rings (SSSR count). The average Bonchev–Trinajstić information content (AvgIpc) is 1.69. The van der Waals surface area contributed by atoms with Gasteiger partial charge in [-0.1, -0.05) is 12.1 Å². The lowest BCUT2D eigenvalue weighted by molar-refractivity contribution is 0.103. The smallest absolute Gasteiger partial charge is 0.120 e. The standard InChI is InChI=1S/C5H9NO/c1-5-2-3-6-7-4-5/h3,5H,2,4H2,1H3. The maximum absolute atomic E-state index is 4.75. The van der Waals surface area contributed by atoms with Gasteiger partial charge in [0.25, 0.3) is 0 Å². The Morgan fingerprint density at radius 2 is 2.71 bits per heavy atom. The lowest BCUT2D eigenvalue weighted by Crippen LogP contribution is -2.07. The molecule has 1 atom stereocenters. The van der Waals surface area contributed by atoms with Gasteiger partial charge in [-0.25, -0.2) is 0 Å². The van der Waals surface area contributed by atoms with Crippen LogP contribution in [0.3, 0.4) is 0 Å². The molecule has 2 heteroatoms. The number of nitrogens with zero attached hydrogens (tertiary/aromatic N) is 1. The number of hydrogen-bond acceptors (Lipinski definition) is 2. The zero-order chi connectivity index (χ0) is 5.11. The van der Waals surface area contributed by atoms with E-state index in [0.29, 0.717) is 5.92 Å². The predicted octanol–water partition coefficient (Wildman–Crippen LogP) is 1.03. The Morgan fingerprint density at radius 1 is 1.86 bits per heavy atom. The number of hydrogen-bond donors (Lipinski definition) is 0. The summed E-state index contributed by atoms with van der Waals surface area (Å²) in [5.41, 5.74) is 0. The van der Waals surface area contributed by atoms with Crippen LogP contribution in [0.1, 0.15) is 13.3 Å². The van der Waals surface area contributed by atoms with E-state index in [1.807, 2.05) is 6.21 Å². The van der Waals surface area contributed by atoms with Crippen molar-refractivity contribution in [2.45, 2.75) is 13.3 Å². The number of oxime groups is 1. The zero-order valence-corrected chi connectivity index (χ0v) is 4.42. The SMILES string of the molecule is CC1CC=NOC1. The minimum absolute atomic E-state index is 0.664. The molecule has 0 aliphatic carbocycles. The maximum atomic E-state index is 4.75. The van der Waals surface area contributed by atoms with Crippen LogP contribution in [-0.2, 0) is 4.84 Å². The lowest BCUT2D eigenvalue weighted by atomic mass is 10.1. The van der Waals surface area contributed by atoms with E-state index in [-0.39, 0.29) is 0 Å². The van der Waals surface area contributed by atoms with Crippen molar-refractivity contribution in [1.29, 1.82) is 0 Å². The largest absolute Gasteiger partial charge is 0.396 e. The molecule has 1 heterocycles. The highest BCUT2D eigenvalue weighted by Gasteiger charge is 2.02. The van der Waals surface area contributed by atoms with Gasteiger partial charge in [0.1, 0.15) is 6.61 Å². The van der Waals surface area contributed by atoms with Crippen LogP contribution in [0, 0.1) is 5.92 Å². The molecule has 0 saturated carbocycles. The van der Waals surface area contributed by atoms with Crippen LogP contribution in [0.15, 0.2) is 5.16 Å². The summed E-state index contributed by atoms with van der Waals surface area (Å²) >= 11 is 0. The molecule has 40 valence electrons. The van der Waals surface area contributed by atoms with Crippen LogP contribution >= 0.6 is 0 Å². The molecule has 1 aliphatic heterocycles. The van der Waals surface area contributed by atoms with E-state index < -0.39 is 0 Å². The third kappa shape index (κ3) is 1.18. The number of rotatable bonds is 0. The van der Waals surface area contributed by atoms with Crippen molar-refractivity contribution in [2.75, 3.05) is 6.61 Å². The molecule has 0 radical (unpaired) electrons. The van der Waals surface area contributed by atoms with Gasteiger partial charge >= 0.3 is 0 Å². The second-order valence-electron chi connectivity index (χ2n) is 1.92. The van der Waals surface area contributed by atoms with Crippen LogP contribution in [0.2, 0.25) is 0 Å². The Morgan fingerprint density at radius 3 is 3.00 bits per heavy atom. The first kappa shape index (κ1) is 4.62.